The summed E-state index contributed by atoms with van der Waals surface area (Å²) in [6.07, 6.45) is 0. The Morgan fingerprint density at radius 1 is 1.24 bits per heavy atom. The molecule has 0 spiro atoms. The highest BCUT2D eigenvalue weighted by Crippen LogP contribution is 2.32. The third-order valence-corrected chi connectivity index (χ3v) is 4.02. The molecule has 0 fully saturated rings. The molecule has 21 heavy (non-hydrogen) atoms. The van der Waals surface area contributed by atoms with Crippen molar-refractivity contribution in [2.75, 3.05) is 6.79 Å². The fourth-order valence-corrected chi connectivity index (χ4v) is 2.80. The van der Waals surface area contributed by atoms with Gasteiger partial charge in [-0.2, -0.15) is 0 Å². The maximum absolute atomic E-state index is 11.3. The van der Waals surface area contributed by atoms with Gasteiger partial charge in [-0.1, -0.05) is 6.07 Å². The van der Waals surface area contributed by atoms with Crippen LogP contribution in [0.3, 0.4) is 0 Å². The zero-order chi connectivity index (χ0) is 14.7. The Bertz CT molecular complexity index is 656. The number of carbonyl (C=O) groups is 1. The molecule has 0 bridgehead atoms. The molecule has 3 N–H and O–H groups in total. The van der Waals surface area contributed by atoms with Crippen LogP contribution in [0.4, 0.5) is 0 Å². The minimum atomic E-state index is -0.290. The van der Waals surface area contributed by atoms with Crippen LogP contribution in [0.5, 0.6) is 11.5 Å². The molecular weight excluding hydrogens is 292 g/mol. The SMILES string of the molecule is NNC(=O)c1ccc(COCc2ccc3c(c2)OCO3)s1. The van der Waals surface area contributed by atoms with Crippen molar-refractivity contribution in [3.8, 4) is 11.5 Å². The van der Waals surface area contributed by atoms with Crippen LogP contribution >= 0.6 is 11.3 Å². The number of nitrogens with two attached hydrogens (primary N) is 1. The molecule has 1 amide bonds. The maximum atomic E-state index is 11.3. The van der Waals surface area contributed by atoms with Gasteiger partial charge < -0.3 is 14.2 Å². The second kappa shape index (κ2) is 6.13. The molecule has 3 rings (SSSR count). The van der Waals surface area contributed by atoms with Crippen LogP contribution in [0.25, 0.3) is 0 Å². The van der Waals surface area contributed by atoms with Crippen LogP contribution in [0, 0.1) is 0 Å². The zero-order valence-electron chi connectivity index (χ0n) is 11.1. The molecule has 0 unspecified atom stereocenters. The van der Waals surface area contributed by atoms with Crippen molar-refractivity contribution in [1.82, 2.24) is 5.43 Å². The Labute approximate surface area is 125 Å². The molecule has 7 heteroatoms. The minimum absolute atomic E-state index is 0.265. The Morgan fingerprint density at radius 3 is 2.95 bits per heavy atom. The lowest BCUT2D eigenvalue weighted by atomic mass is 10.2. The molecule has 1 aromatic carbocycles. The number of hydrazine groups is 1. The van der Waals surface area contributed by atoms with Crippen molar-refractivity contribution in [3.05, 3.63) is 45.6 Å². The third-order valence-electron chi connectivity index (χ3n) is 2.97. The van der Waals surface area contributed by atoms with Gasteiger partial charge in [-0.3, -0.25) is 10.2 Å². The second-order valence-electron chi connectivity index (χ2n) is 4.42. The summed E-state index contributed by atoms with van der Waals surface area (Å²) in [7, 11) is 0. The molecule has 2 aromatic rings. The van der Waals surface area contributed by atoms with Crippen molar-refractivity contribution in [1.29, 1.82) is 0 Å². The fourth-order valence-electron chi connectivity index (χ4n) is 1.95. The van der Waals surface area contributed by atoms with Gasteiger partial charge in [0.05, 0.1) is 18.1 Å². The monoisotopic (exact) mass is 306 g/mol. The van der Waals surface area contributed by atoms with Gasteiger partial charge in [0.2, 0.25) is 6.79 Å². The lowest BCUT2D eigenvalue weighted by molar-refractivity contribution is 0.0957. The number of hydrogen-bond acceptors (Lipinski definition) is 6. The van der Waals surface area contributed by atoms with E-state index in [-0.39, 0.29) is 12.7 Å². The summed E-state index contributed by atoms with van der Waals surface area (Å²) < 4.78 is 16.2. The number of nitrogen functional groups attached to an aromatic ring is 1. The zero-order valence-corrected chi connectivity index (χ0v) is 11.9. The predicted octanol–water partition coefficient (Wildman–Crippen LogP) is 1.80. The smallest absolute Gasteiger partial charge is 0.275 e. The molecule has 0 radical (unpaired) electrons. The van der Waals surface area contributed by atoms with E-state index >= 15 is 0 Å². The van der Waals surface area contributed by atoms with Crippen molar-refractivity contribution >= 4 is 17.2 Å². The quantitative estimate of drug-likeness (QED) is 0.500. The molecule has 110 valence electrons. The fraction of sp³-hybridized carbons (Fsp3) is 0.214. The highest BCUT2D eigenvalue weighted by Gasteiger charge is 2.13. The van der Waals surface area contributed by atoms with Gasteiger partial charge in [0.15, 0.2) is 11.5 Å². The number of thiophene rings is 1. The highest BCUT2D eigenvalue weighted by atomic mass is 32.1. The van der Waals surface area contributed by atoms with Crippen LogP contribution in [0.1, 0.15) is 20.1 Å². The molecule has 0 atom stereocenters. The first kappa shape index (κ1) is 13.9. The van der Waals surface area contributed by atoms with Gasteiger partial charge in [-0.15, -0.1) is 11.3 Å². The average molecular weight is 306 g/mol. The lowest BCUT2D eigenvalue weighted by Gasteiger charge is -2.04. The number of amides is 1. The lowest BCUT2D eigenvalue weighted by Crippen LogP contribution is -2.29. The Balaban J connectivity index is 1.54. The van der Waals surface area contributed by atoms with Gasteiger partial charge in [-0.05, 0) is 29.8 Å². The molecule has 0 saturated heterocycles. The Kier molecular flexibility index (Phi) is 4.05. The van der Waals surface area contributed by atoms with Gasteiger partial charge in [0, 0.05) is 4.88 Å². The molecule has 6 nitrogen and oxygen atoms in total. The Hall–Kier alpha value is -2.09. The van der Waals surface area contributed by atoms with Crippen LogP contribution in [0.15, 0.2) is 30.3 Å². The van der Waals surface area contributed by atoms with Crippen LogP contribution in [-0.2, 0) is 18.0 Å². The number of benzene rings is 1. The van der Waals surface area contributed by atoms with Crippen molar-refractivity contribution < 1.29 is 19.0 Å². The molecule has 0 saturated carbocycles. The highest BCUT2D eigenvalue weighted by molar-refractivity contribution is 7.14. The van der Waals surface area contributed by atoms with Gasteiger partial charge in [-0.25, -0.2) is 5.84 Å². The molecule has 1 aliphatic heterocycles. The summed E-state index contributed by atoms with van der Waals surface area (Å²) in [5.41, 5.74) is 3.12. The molecule has 1 aliphatic rings. The average Bonchev–Trinajstić information content (AvgIpc) is 3.14. The first-order valence-corrected chi connectivity index (χ1v) is 7.14. The van der Waals surface area contributed by atoms with E-state index in [0.29, 0.717) is 18.1 Å². The van der Waals surface area contributed by atoms with E-state index < -0.39 is 0 Å². The first-order chi connectivity index (χ1) is 10.3. The van der Waals surface area contributed by atoms with Crippen molar-refractivity contribution in [2.24, 2.45) is 5.84 Å². The van der Waals surface area contributed by atoms with Gasteiger partial charge >= 0.3 is 0 Å². The summed E-state index contributed by atoms with van der Waals surface area (Å²) in [6.45, 7) is 1.17. The number of hydrogen-bond donors (Lipinski definition) is 2. The van der Waals surface area contributed by atoms with E-state index in [0.717, 1.165) is 21.9 Å². The second-order valence-corrected chi connectivity index (χ2v) is 5.59. The van der Waals surface area contributed by atoms with E-state index in [1.807, 2.05) is 24.3 Å². The summed E-state index contributed by atoms with van der Waals surface area (Å²) in [5.74, 6) is 6.30. The van der Waals surface area contributed by atoms with E-state index in [4.69, 9.17) is 20.1 Å². The summed E-state index contributed by atoms with van der Waals surface area (Å²) in [4.78, 5) is 12.9. The van der Waals surface area contributed by atoms with Crippen molar-refractivity contribution in [3.63, 3.8) is 0 Å². The Morgan fingerprint density at radius 2 is 2.10 bits per heavy atom. The summed E-state index contributed by atoms with van der Waals surface area (Å²) in [6, 6.07) is 9.30. The number of fused-ring (bicyclic) bond motifs is 1. The molecule has 2 heterocycles. The van der Waals surface area contributed by atoms with Gasteiger partial charge in [0.25, 0.3) is 5.91 Å². The maximum Gasteiger partial charge on any atom is 0.275 e. The summed E-state index contributed by atoms with van der Waals surface area (Å²) >= 11 is 1.36. The first-order valence-electron chi connectivity index (χ1n) is 6.32. The number of ether oxygens (including phenoxy) is 3. The van der Waals surface area contributed by atoms with E-state index in [1.165, 1.54) is 11.3 Å². The molecular formula is C14H14N2O4S. The number of carbonyl (C=O) groups excluding carboxylic acids is 1. The molecule has 0 aliphatic carbocycles. The number of rotatable bonds is 5. The van der Waals surface area contributed by atoms with Gasteiger partial charge in [0.1, 0.15) is 0 Å². The largest absolute Gasteiger partial charge is 0.454 e. The minimum Gasteiger partial charge on any atom is -0.454 e. The normalized spacial score (nSPS) is 12.4. The van der Waals surface area contributed by atoms with Crippen molar-refractivity contribution in [2.45, 2.75) is 13.2 Å². The van der Waals surface area contributed by atoms with E-state index in [1.54, 1.807) is 6.07 Å². The predicted molar refractivity (Wildman–Crippen MR) is 77.0 cm³/mol. The van der Waals surface area contributed by atoms with Crippen LogP contribution < -0.4 is 20.7 Å². The molecule has 1 aromatic heterocycles. The van der Waals surface area contributed by atoms with Crippen LogP contribution in [0.2, 0.25) is 0 Å². The number of nitrogens with one attached hydrogen (secondary N) is 1. The topological polar surface area (TPSA) is 82.8 Å². The van der Waals surface area contributed by atoms with E-state index in [2.05, 4.69) is 5.43 Å². The standard InChI is InChI=1S/C14H14N2O4S/c15-16-14(17)13-4-2-10(21-13)7-18-6-9-1-3-11-12(5-9)20-8-19-11/h1-5H,6-8,15H2,(H,16,17). The van der Waals surface area contributed by atoms with E-state index in [9.17, 15) is 4.79 Å². The third kappa shape index (κ3) is 3.15. The van der Waals surface area contributed by atoms with Crippen LogP contribution in [-0.4, -0.2) is 12.7 Å². The summed E-state index contributed by atoms with van der Waals surface area (Å²) in [5, 5.41) is 0.